The second-order valence-corrected chi connectivity index (χ2v) is 6.23. The minimum absolute atomic E-state index is 0.153. The van der Waals surface area contributed by atoms with Gasteiger partial charge in [-0.1, -0.05) is 13.0 Å². The predicted molar refractivity (Wildman–Crippen MR) is 103 cm³/mol. The third kappa shape index (κ3) is 4.28. The lowest BCUT2D eigenvalue weighted by molar-refractivity contribution is 0.353. The Balaban J connectivity index is 1.76. The molecule has 5 nitrogen and oxygen atoms in total. The van der Waals surface area contributed by atoms with Gasteiger partial charge in [0.25, 0.3) is 0 Å². The van der Waals surface area contributed by atoms with Crippen LogP contribution in [0.5, 0.6) is 11.5 Å². The van der Waals surface area contributed by atoms with Crippen LogP contribution in [0.15, 0.2) is 48.7 Å². The van der Waals surface area contributed by atoms with Crippen LogP contribution >= 0.6 is 0 Å². The summed E-state index contributed by atoms with van der Waals surface area (Å²) in [5, 5.41) is 10.7. The number of hydrogen-bond donors (Lipinski definition) is 2. The summed E-state index contributed by atoms with van der Waals surface area (Å²) in [6.45, 7) is 2.76. The zero-order valence-corrected chi connectivity index (χ0v) is 15.8. The first-order chi connectivity index (χ1) is 13.2. The Morgan fingerprint density at radius 3 is 2.48 bits per heavy atom. The molecule has 2 N–H and O–H groups in total. The quantitative estimate of drug-likeness (QED) is 0.615. The lowest BCUT2D eigenvalue weighted by atomic mass is 10.0. The van der Waals surface area contributed by atoms with Gasteiger partial charge in [-0.25, -0.2) is 4.39 Å². The molecular weight excluding hydrogens is 345 g/mol. The Bertz CT molecular complexity index is 877. The molecule has 3 rings (SSSR count). The van der Waals surface area contributed by atoms with Gasteiger partial charge in [-0.2, -0.15) is 5.10 Å². The third-order valence-electron chi connectivity index (χ3n) is 4.61. The van der Waals surface area contributed by atoms with Gasteiger partial charge in [0.1, 0.15) is 5.82 Å². The summed E-state index contributed by atoms with van der Waals surface area (Å²) >= 11 is 0. The SMILES string of the molecule is CC[C@H](NCc1cn[nH]c1-c1ccc(F)cc1)c1ccc(OC)c(OC)c1. The van der Waals surface area contributed by atoms with E-state index in [2.05, 4.69) is 22.4 Å². The smallest absolute Gasteiger partial charge is 0.161 e. The fraction of sp³-hybridized carbons (Fsp3) is 0.286. The Morgan fingerprint density at radius 1 is 1.07 bits per heavy atom. The zero-order chi connectivity index (χ0) is 19.2. The molecule has 1 heterocycles. The van der Waals surface area contributed by atoms with E-state index in [0.717, 1.165) is 28.8 Å². The number of methoxy groups -OCH3 is 2. The van der Waals surface area contributed by atoms with E-state index < -0.39 is 0 Å². The minimum Gasteiger partial charge on any atom is -0.493 e. The summed E-state index contributed by atoms with van der Waals surface area (Å²) in [5.41, 5.74) is 3.96. The minimum atomic E-state index is -0.252. The van der Waals surface area contributed by atoms with E-state index in [9.17, 15) is 4.39 Å². The molecule has 0 aliphatic rings. The Morgan fingerprint density at radius 2 is 1.81 bits per heavy atom. The van der Waals surface area contributed by atoms with Gasteiger partial charge in [-0.3, -0.25) is 5.10 Å². The van der Waals surface area contributed by atoms with Crippen molar-refractivity contribution in [1.29, 1.82) is 0 Å². The molecule has 6 heteroatoms. The van der Waals surface area contributed by atoms with E-state index in [-0.39, 0.29) is 11.9 Å². The largest absolute Gasteiger partial charge is 0.493 e. The molecule has 0 radical (unpaired) electrons. The van der Waals surface area contributed by atoms with Gasteiger partial charge in [0.2, 0.25) is 0 Å². The van der Waals surface area contributed by atoms with Crippen LogP contribution in [-0.4, -0.2) is 24.4 Å². The zero-order valence-electron chi connectivity index (χ0n) is 15.8. The molecule has 0 unspecified atom stereocenters. The molecule has 0 fully saturated rings. The average molecular weight is 369 g/mol. The highest BCUT2D eigenvalue weighted by atomic mass is 19.1. The lowest BCUT2D eigenvalue weighted by Crippen LogP contribution is -2.20. The van der Waals surface area contributed by atoms with E-state index in [1.54, 1.807) is 32.5 Å². The van der Waals surface area contributed by atoms with Crippen molar-refractivity contribution >= 4 is 0 Å². The Labute approximate surface area is 158 Å². The van der Waals surface area contributed by atoms with Gasteiger partial charge < -0.3 is 14.8 Å². The van der Waals surface area contributed by atoms with Gasteiger partial charge in [0, 0.05) is 23.7 Å². The van der Waals surface area contributed by atoms with Crippen LogP contribution in [0.1, 0.15) is 30.5 Å². The number of rotatable bonds is 8. The summed E-state index contributed by atoms with van der Waals surface area (Å²) in [7, 11) is 3.26. The monoisotopic (exact) mass is 369 g/mol. The van der Waals surface area contributed by atoms with E-state index in [0.29, 0.717) is 18.0 Å². The van der Waals surface area contributed by atoms with Crippen LogP contribution in [0.2, 0.25) is 0 Å². The van der Waals surface area contributed by atoms with E-state index in [1.807, 2.05) is 18.2 Å². The second-order valence-electron chi connectivity index (χ2n) is 6.23. The van der Waals surface area contributed by atoms with Gasteiger partial charge in [0.05, 0.1) is 26.1 Å². The molecule has 3 aromatic rings. The molecule has 0 bridgehead atoms. The standard InChI is InChI=1S/C21H24FN3O2/c1-4-18(15-7-10-19(26-2)20(11-15)27-3)23-12-16-13-24-25-21(16)14-5-8-17(22)9-6-14/h5-11,13,18,23H,4,12H2,1-3H3,(H,24,25)/t18-/m0/s1. The van der Waals surface area contributed by atoms with Gasteiger partial charge in [-0.15, -0.1) is 0 Å². The number of aromatic amines is 1. The first-order valence-corrected chi connectivity index (χ1v) is 8.89. The predicted octanol–water partition coefficient (Wildman–Crippen LogP) is 4.47. The molecule has 0 aliphatic heterocycles. The number of nitrogens with zero attached hydrogens (tertiary/aromatic N) is 1. The maximum atomic E-state index is 13.2. The molecule has 0 saturated carbocycles. The normalized spacial score (nSPS) is 12.0. The van der Waals surface area contributed by atoms with Crippen molar-refractivity contribution in [3.63, 3.8) is 0 Å². The van der Waals surface area contributed by atoms with Crippen LogP contribution in [-0.2, 0) is 6.54 Å². The van der Waals surface area contributed by atoms with Crippen LogP contribution in [0, 0.1) is 5.82 Å². The maximum Gasteiger partial charge on any atom is 0.161 e. The van der Waals surface area contributed by atoms with Crippen molar-refractivity contribution in [2.45, 2.75) is 25.9 Å². The van der Waals surface area contributed by atoms with Crippen LogP contribution in [0.25, 0.3) is 11.3 Å². The summed E-state index contributed by atoms with van der Waals surface area (Å²) in [5.74, 6) is 1.17. The van der Waals surface area contributed by atoms with Gasteiger partial charge in [-0.05, 0) is 48.4 Å². The Hall–Kier alpha value is -2.86. The van der Waals surface area contributed by atoms with Crippen LogP contribution < -0.4 is 14.8 Å². The fourth-order valence-corrected chi connectivity index (χ4v) is 3.11. The van der Waals surface area contributed by atoms with Gasteiger partial charge in [0.15, 0.2) is 11.5 Å². The number of halogens is 1. The van der Waals surface area contributed by atoms with E-state index in [1.165, 1.54) is 12.1 Å². The summed E-state index contributed by atoms with van der Waals surface area (Å²) in [6, 6.07) is 12.5. The first-order valence-electron chi connectivity index (χ1n) is 8.89. The van der Waals surface area contributed by atoms with Crippen molar-refractivity contribution in [2.24, 2.45) is 0 Å². The average Bonchev–Trinajstić information content (AvgIpc) is 3.17. The molecule has 1 atom stereocenters. The molecule has 0 aliphatic carbocycles. The second kappa shape index (κ2) is 8.68. The molecular formula is C21H24FN3O2. The number of ether oxygens (including phenoxy) is 2. The third-order valence-corrected chi connectivity index (χ3v) is 4.61. The first kappa shape index (κ1) is 18.9. The topological polar surface area (TPSA) is 59.2 Å². The molecule has 0 amide bonds. The van der Waals surface area contributed by atoms with Gasteiger partial charge >= 0.3 is 0 Å². The summed E-state index contributed by atoms with van der Waals surface area (Å²) in [6.07, 6.45) is 2.71. The maximum absolute atomic E-state index is 13.2. The fourth-order valence-electron chi connectivity index (χ4n) is 3.11. The number of benzene rings is 2. The molecule has 27 heavy (non-hydrogen) atoms. The van der Waals surface area contributed by atoms with Crippen LogP contribution in [0.4, 0.5) is 4.39 Å². The number of H-pyrrole nitrogens is 1. The summed E-state index contributed by atoms with van der Waals surface area (Å²) in [4.78, 5) is 0. The van der Waals surface area contributed by atoms with Crippen molar-refractivity contribution in [2.75, 3.05) is 14.2 Å². The van der Waals surface area contributed by atoms with Crippen molar-refractivity contribution in [3.05, 3.63) is 65.6 Å². The van der Waals surface area contributed by atoms with E-state index in [4.69, 9.17) is 9.47 Å². The molecule has 1 aromatic heterocycles. The van der Waals surface area contributed by atoms with Crippen molar-refractivity contribution < 1.29 is 13.9 Å². The number of aromatic nitrogens is 2. The van der Waals surface area contributed by atoms with Crippen molar-refractivity contribution in [1.82, 2.24) is 15.5 Å². The summed E-state index contributed by atoms with van der Waals surface area (Å²) < 4.78 is 23.9. The molecule has 142 valence electrons. The molecule has 0 saturated heterocycles. The lowest BCUT2D eigenvalue weighted by Gasteiger charge is -2.19. The Kier molecular flexibility index (Phi) is 6.08. The number of hydrogen-bond acceptors (Lipinski definition) is 4. The highest BCUT2D eigenvalue weighted by Crippen LogP contribution is 2.31. The van der Waals surface area contributed by atoms with E-state index >= 15 is 0 Å². The molecule has 2 aromatic carbocycles. The molecule has 0 spiro atoms. The highest BCUT2D eigenvalue weighted by molar-refractivity contribution is 5.62. The highest BCUT2D eigenvalue weighted by Gasteiger charge is 2.14. The van der Waals surface area contributed by atoms with Crippen molar-refractivity contribution in [3.8, 4) is 22.8 Å². The van der Waals surface area contributed by atoms with Crippen LogP contribution in [0.3, 0.4) is 0 Å². The number of nitrogens with one attached hydrogen (secondary N) is 2.